The highest BCUT2D eigenvalue weighted by atomic mass is 19.1. The summed E-state index contributed by atoms with van der Waals surface area (Å²) in [5, 5.41) is 3.40. The maximum atomic E-state index is 13.9. The predicted octanol–water partition coefficient (Wildman–Crippen LogP) is 7.80. The normalized spacial score (nSPS) is 14.7. The number of nitrogens with zero attached hydrogens (tertiary/aromatic N) is 4. The van der Waals surface area contributed by atoms with Gasteiger partial charge in [0.05, 0.1) is 5.56 Å². The lowest BCUT2D eigenvalue weighted by molar-refractivity contribution is 0.00476. The molecule has 69 heavy (non-hydrogen) atoms. The first-order valence-electron chi connectivity index (χ1n) is 23.0. The highest BCUT2D eigenvalue weighted by Crippen LogP contribution is 2.42. The van der Waals surface area contributed by atoms with Crippen LogP contribution in [-0.4, -0.2) is 159 Å². The molecule has 0 bridgehead atoms. The largest absolute Gasteiger partial charge is 0.491 e. The summed E-state index contributed by atoms with van der Waals surface area (Å²) in [6.45, 7) is 15.0. The minimum absolute atomic E-state index is 0.0633. The van der Waals surface area contributed by atoms with Crippen LogP contribution in [0.1, 0.15) is 83.0 Å². The molecule has 5 rings (SSSR count). The molecular formula is C50H65F2N5O12. The number of amides is 4. The van der Waals surface area contributed by atoms with E-state index in [2.05, 4.69) is 5.32 Å². The molecule has 1 saturated heterocycles. The number of nitrogens with one attached hydrogen (secondary N) is 1. The summed E-state index contributed by atoms with van der Waals surface area (Å²) >= 11 is 0. The number of esters is 1. The topological polar surface area (TPSA) is 187 Å². The molecule has 1 N–H and O–H groups in total. The van der Waals surface area contributed by atoms with E-state index in [-0.39, 0.29) is 100.0 Å². The molecule has 1 fully saturated rings. The van der Waals surface area contributed by atoms with Gasteiger partial charge in [0.25, 0.3) is 5.91 Å². The number of carbonyl (C=O) groups excluding carboxylic acids is 5. The van der Waals surface area contributed by atoms with Gasteiger partial charge < -0.3 is 48.1 Å². The molecule has 0 unspecified atom stereocenters. The lowest BCUT2D eigenvalue weighted by atomic mass is 9.89. The van der Waals surface area contributed by atoms with Gasteiger partial charge in [-0.05, 0) is 104 Å². The summed E-state index contributed by atoms with van der Waals surface area (Å²) in [6.07, 6.45) is -1.76. The van der Waals surface area contributed by atoms with Crippen LogP contribution in [0.3, 0.4) is 0 Å². The molecule has 19 heteroatoms. The molecule has 0 aromatic heterocycles. The smallest absolute Gasteiger partial charge is 0.410 e. The second-order valence-corrected chi connectivity index (χ2v) is 19.4. The van der Waals surface area contributed by atoms with Gasteiger partial charge in [-0.15, -0.1) is 0 Å². The lowest BCUT2D eigenvalue weighted by Gasteiger charge is -2.35. The molecular weight excluding hydrogens is 901 g/mol. The van der Waals surface area contributed by atoms with E-state index in [1.165, 1.54) is 45.0 Å². The zero-order valence-electron chi connectivity index (χ0n) is 41.0. The van der Waals surface area contributed by atoms with Crippen molar-refractivity contribution < 1.29 is 60.9 Å². The Bertz CT molecular complexity index is 2430. The van der Waals surface area contributed by atoms with Gasteiger partial charge in [-0.2, -0.15) is 0 Å². The van der Waals surface area contributed by atoms with Crippen molar-refractivity contribution >= 4 is 41.1 Å². The average molecular weight is 966 g/mol. The first kappa shape index (κ1) is 53.5. The van der Waals surface area contributed by atoms with E-state index >= 15 is 0 Å². The van der Waals surface area contributed by atoms with Crippen LogP contribution in [0.2, 0.25) is 0 Å². The van der Waals surface area contributed by atoms with E-state index in [1.54, 1.807) is 86.6 Å². The molecule has 17 nitrogen and oxygen atoms in total. The average Bonchev–Trinajstić information content (AvgIpc) is 3.25. The molecule has 2 aliphatic heterocycles. The van der Waals surface area contributed by atoms with Crippen LogP contribution in [0.15, 0.2) is 63.8 Å². The second kappa shape index (κ2) is 23.2. The van der Waals surface area contributed by atoms with Crippen molar-refractivity contribution in [2.45, 2.75) is 79.1 Å². The number of hydrogen-bond acceptors (Lipinski definition) is 13. The molecule has 0 spiro atoms. The first-order valence-corrected chi connectivity index (χ1v) is 23.0. The number of alkyl halides is 2. The second-order valence-electron chi connectivity index (χ2n) is 19.4. The third-order valence-electron chi connectivity index (χ3n) is 10.4. The van der Waals surface area contributed by atoms with Gasteiger partial charge in [0.15, 0.2) is 5.43 Å². The molecule has 3 aliphatic rings. The van der Waals surface area contributed by atoms with E-state index < -0.39 is 66.9 Å². The Balaban J connectivity index is 1.43. The summed E-state index contributed by atoms with van der Waals surface area (Å²) in [5.74, 6) is -0.958. The maximum absolute atomic E-state index is 13.9. The van der Waals surface area contributed by atoms with Crippen molar-refractivity contribution in [1.82, 2.24) is 24.9 Å². The fraction of sp³-hybridized carbons (Fsp3) is 0.520. The van der Waals surface area contributed by atoms with Crippen molar-refractivity contribution in [2.75, 3.05) is 92.0 Å². The fourth-order valence-electron chi connectivity index (χ4n) is 7.30. The Morgan fingerprint density at radius 1 is 0.638 bits per heavy atom. The van der Waals surface area contributed by atoms with E-state index in [0.717, 1.165) is 0 Å². The zero-order valence-corrected chi connectivity index (χ0v) is 41.0. The van der Waals surface area contributed by atoms with Gasteiger partial charge in [0.2, 0.25) is 0 Å². The number of rotatable bonds is 11. The predicted molar refractivity (Wildman–Crippen MR) is 254 cm³/mol. The fourth-order valence-corrected chi connectivity index (χ4v) is 7.30. The molecule has 1 aliphatic carbocycles. The van der Waals surface area contributed by atoms with E-state index in [0.29, 0.717) is 27.8 Å². The highest BCUT2D eigenvalue weighted by Gasteiger charge is 2.30. The Kier molecular flexibility index (Phi) is 18.0. The molecule has 0 radical (unpaired) electrons. The van der Waals surface area contributed by atoms with Crippen LogP contribution in [-0.2, 0) is 18.9 Å². The van der Waals surface area contributed by atoms with Crippen molar-refractivity contribution in [3.8, 4) is 28.2 Å². The van der Waals surface area contributed by atoms with E-state index in [1.807, 2.05) is 4.90 Å². The minimum Gasteiger partial charge on any atom is -0.491 e. The quantitative estimate of drug-likeness (QED) is 0.0873. The van der Waals surface area contributed by atoms with Crippen molar-refractivity contribution in [3.63, 3.8) is 0 Å². The van der Waals surface area contributed by atoms with Crippen LogP contribution in [0.4, 0.5) is 23.2 Å². The van der Waals surface area contributed by atoms with E-state index in [9.17, 15) is 37.5 Å². The van der Waals surface area contributed by atoms with Crippen LogP contribution in [0.25, 0.3) is 33.4 Å². The first-order chi connectivity index (χ1) is 32.4. The highest BCUT2D eigenvalue weighted by molar-refractivity contribution is 6.09. The van der Waals surface area contributed by atoms with Crippen molar-refractivity contribution in [3.05, 3.63) is 75.9 Å². The number of carbonyl (C=O) groups is 5. The number of fused-ring (bicyclic) bond motifs is 2. The van der Waals surface area contributed by atoms with Crippen LogP contribution in [0, 0.1) is 0 Å². The molecule has 2 aromatic rings. The van der Waals surface area contributed by atoms with Gasteiger partial charge in [-0.3, -0.25) is 14.5 Å². The van der Waals surface area contributed by atoms with Crippen molar-refractivity contribution in [1.29, 1.82) is 0 Å². The van der Waals surface area contributed by atoms with Gasteiger partial charge >= 0.3 is 24.2 Å². The van der Waals surface area contributed by atoms with Gasteiger partial charge in [0.1, 0.15) is 60.5 Å². The molecule has 0 atom stereocenters. The van der Waals surface area contributed by atoms with Gasteiger partial charge in [-0.25, -0.2) is 28.0 Å². The molecule has 2 aromatic carbocycles. The Hall–Kier alpha value is -6.50. The minimum atomic E-state index is -0.947. The Labute approximate surface area is 401 Å². The SMILES string of the molecule is CC(C)(C)OC(=O)N1CCN(CCNC(=O)c2ccc(-c3c4ccc(=O)cc-4oc4cc(OCCF)ccc34)c(C(=O)OCCF)c2)CCN(C(=O)OC(C)(C)C)CCN(C(=O)OC(C)(C)C)CC1. The summed E-state index contributed by atoms with van der Waals surface area (Å²) in [7, 11) is 0. The number of halogens is 2. The number of benzene rings is 3. The van der Waals surface area contributed by atoms with Crippen LogP contribution in [0.5, 0.6) is 5.75 Å². The lowest BCUT2D eigenvalue weighted by Crippen LogP contribution is -2.51. The number of hydrogen-bond donors (Lipinski definition) is 1. The molecule has 376 valence electrons. The van der Waals surface area contributed by atoms with Crippen molar-refractivity contribution in [2.24, 2.45) is 0 Å². The Morgan fingerprint density at radius 3 is 1.68 bits per heavy atom. The van der Waals surface area contributed by atoms with E-state index in [4.69, 9.17) is 28.1 Å². The maximum Gasteiger partial charge on any atom is 0.410 e. The molecule has 0 saturated carbocycles. The third kappa shape index (κ3) is 15.8. The summed E-state index contributed by atoms with van der Waals surface area (Å²) in [6, 6.07) is 13.4. The Morgan fingerprint density at radius 2 is 1.16 bits per heavy atom. The number of ether oxygens (including phenoxy) is 5. The standard InChI is InChI=1S/C50H65F2N5O12/c1-48(2,3)67-45(61)55-22-20-54(21-23-56(46(62)68-49(4,5)6)25-27-57(26-24-55)47(63)69-50(7,8)9)19-18-53-43(59)33-10-13-36(39(30-33)44(60)65-29-17-52)42-37-14-11-34(58)31-40(37)66-41-32-35(64-28-16-51)12-15-38(41)42/h10-15,30-32H,16-29H2,1-9H3,(H,53,59). The van der Waals surface area contributed by atoms with Crippen LogP contribution >= 0.6 is 0 Å². The monoisotopic (exact) mass is 965 g/mol. The molecule has 2 heterocycles. The van der Waals surface area contributed by atoms with Gasteiger partial charge in [-0.1, -0.05) is 6.07 Å². The summed E-state index contributed by atoms with van der Waals surface area (Å²) in [4.78, 5) is 87.1. The zero-order chi connectivity index (χ0) is 50.7. The molecule has 4 amide bonds. The van der Waals surface area contributed by atoms with Crippen LogP contribution < -0.4 is 15.5 Å². The summed E-state index contributed by atoms with van der Waals surface area (Å²) in [5.41, 5.74) is -1.25. The van der Waals surface area contributed by atoms with Gasteiger partial charge in [0, 0.05) is 99.7 Å². The third-order valence-corrected chi connectivity index (χ3v) is 10.4. The summed E-state index contributed by atoms with van der Waals surface area (Å²) < 4.78 is 60.3.